The summed E-state index contributed by atoms with van der Waals surface area (Å²) in [6, 6.07) is 13.9. The molecule has 2 rings (SSSR count). The van der Waals surface area contributed by atoms with Gasteiger partial charge in [-0.15, -0.1) is 0 Å². The van der Waals surface area contributed by atoms with Crippen LogP contribution < -0.4 is 10.6 Å². The van der Waals surface area contributed by atoms with E-state index < -0.39 is 17.7 Å². The lowest BCUT2D eigenvalue weighted by atomic mass is 10.2. The third-order valence-electron chi connectivity index (χ3n) is 3.04. The predicted octanol–water partition coefficient (Wildman–Crippen LogP) is 1.95. The first-order valence-electron chi connectivity index (χ1n) is 7.15. The monoisotopic (exact) mass is 326 g/mol. The maximum atomic E-state index is 12.8. The number of benzene rings is 2. The van der Waals surface area contributed by atoms with Gasteiger partial charge >= 0.3 is 0 Å². The Balaban J connectivity index is 1.79. The molecule has 24 heavy (non-hydrogen) atoms. The fraction of sp³-hybridized carbons (Fsp3) is 0.0556. The van der Waals surface area contributed by atoms with Crippen molar-refractivity contribution in [2.45, 2.75) is 6.54 Å². The standard InChI is InChI=1S/C18H15FN2O3/c19-15-8-6-13(7-9-15)12-20-16(22)10-11-17(23)21-18(24)14-4-2-1-3-5-14/h1-11H,12H2,(H,20,22)(H,21,23,24)/b11-10+. The van der Waals surface area contributed by atoms with Crippen molar-refractivity contribution < 1.29 is 18.8 Å². The summed E-state index contributed by atoms with van der Waals surface area (Å²) in [4.78, 5) is 35.0. The molecular weight excluding hydrogens is 311 g/mol. The number of rotatable bonds is 5. The van der Waals surface area contributed by atoms with E-state index in [0.717, 1.165) is 17.7 Å². The number of hydrogen-bond donors (Lipinski definition) is 2. The van der Waals surface area contributed by atoms with Crippen molar-refractivity contribution in [3.05, 3.63) is 83.7 Å². The Morgan fingerprint density at radius 3 is 2.17 bits per heavy atom. The van der Waals surface area contributed by atoms with Crippen LogP contribution in [0.2, 0.25) is 0 Å². The van der Waals surface area contributed by atoms with Gasteiger partial charge in [-0.2, -0.15) is 0 Å². The molecule has 0 aliphatic rings. The third kappa shape index (κ3) is 5.49. The van der Waals surface area contributed by atoms with Crippen molar-refractivity contribution >= 4 is 17.7 Å². The molecule has 2 aromatic rings. The number of halogens is 1. The van der Waals surface area contributed by atoms with Gasteiger partial charge in [0.15, 0.2) is 0 Å². The second kappa shape index (κ2) is 8.38. The molecule has 0 spiro atoms. The average molecular weight is 326 g/mol. The zero-order chi connectivity index (χ0) is 17.4. The van der Waals surface area contributed by atoms with Crippen molar-refractivity contribution in [1.82, 2.24) is 10.6 Å². The lowest BCUT2D eigenvalue weighted by Gasteiger charge is -2.03. The molecule has 0 saturated carbocycles. The van der Waals surface area contributed by atoms with Crippen molar-refractivity contribution in [2.24, 2.45) is 0 Å². The van der Waals surface area contributed by atoms with Crippen LogP contribution in [0.1, 0.15) is 15.9 Å². The molecule has 0 aliphatic carbocycles. The van der Waals surface area contributed by atoms with Gasteiger partial charge in [-0.3, -0.25) is 19.7 Å². The second-order valence-corrected chi connectivity index (χ2v) is 4.86. The quantitative estimate of drug-likeness (QED) is 0.825. The second-order valence-electron chi connectivity index (χ2n) is 4.86. The Bertz CT molecular complexity index is 756. The molecule has 0 aromatic heterocycles. The minimum Gasteiger partial charge on any atom is -0.348 e. The summed E-state index contributed by atoms with van der Waals surface area (Å²) in [5.41, 5.74) is 1.07. The largest absolute Gasteiger partial charge is 0.348 e. The summed E-state index contributed by atoms with van der Waals surface area (Å²) < 4.78 is 12.8. The molecule has 0 saturated heterocycles. The fourth-order valence-corrected chi connectivity index (χ4v) is 1.82. The number of amides is 3. The summed E-state index contributed by atoms with van der Waals surface area (Å²) in [6.45, 7) is 0.202. The minimum absolute atomic E-state index is 0.202. The minimum atomic E-state index is -0.694. The van der Waals surface area contributed by atoms with E-state index in [1.54, 1.807) is 42.5 Å². The fourth-order valence-electron chi connectivity index (χ4n) is 1.82. The average Bonchev–Trinajstić information content (AvgIpc) is 2.60. The highest BCUT2D eigenvalue weighted by Crippen LogP contribution is 2.02. The topological polar surface area (TPSA) is 75.3 Å². The zero-order valence-corrected chi connectivity index (χ0v) is 12.7. The number of carbonyl (C=O) groups excluding carboxylic acids is 3. The molecule has 0 radical (unpaired) electrons. The van der Waals surface area contributed by atoms with E-state index in [-0.39, 0.29) is 12.4 Å². The van der Waals surface area contributed by atoms with E-state index in [1.807, 2.05) is 0 Å². The third-order valence-corrected chi connectivity index (χ3v) is 3.04. The molecule has 2 N–H and O–H groups in total. The molecule has 0 fully saturated rings. The van der Waals surface area contributed by atoms with E-state index in [1.165, 1.54) is 12.1 Å². The Morgan fingerprint density at radius 1 is 0.875 bits per heavy atom. The van der Waals surface area contributed by atoms with Crippen molar-refractivity contribution in [3.8, 4) is 0 Å². The molecule has 0 heterocycles. The normalized spacial score (nSPS) is 10.4. The van der Waals surface area contributed by atoms with Crippen LogP contribution in [0.15, 0.2) is 66.7 Å². The Hall–Kier alpha value is -3.28. The van der Waals surface area contributed by atoms with Gasteiger partial charge in [0.25, 0.3) is 11.8 Å². The van der Waals surface area contributed by atoms with Crippen molar-refractivity contribution in [3.63, 3.8) is 0 Å². The predicted molar refractivity (Wildman–Crippen MR) is 86.3 cm³/mol. The van der Waals surface area contributed by atoms with E-state index in [0.29, 0.717) is 5.56 Å². The lowest BCUT2D eigenvalue weighted by Crippen LogP contribution is -2.29. The number of carbonyl (C=O) groups is 3. The number of nitrogens with one attached hydrogen (secondary N) is 2. The maximum Gasteiger partial charge on any atom is 0.258 e. The van der Waals surface area contributed by atoms with E-state index in [2.05, 4.69) is 10.6 Å². The number of imide groups is 1. The van der Waals surface area contributed by atoms with Crippen LogP contribution in [-0.2, 0) is 16.1 Å². The van der Waals surface area contributed by atoms with Crippen LogP contribution >= 0.6 is 0 Å². The molecule has 0 aliphatic heterocycles. The molecule has 122 valence electrons. The van der Waals surface area contributed by atoms with Crippen LogP contribution in [0.5, 0.6) is 0 Å². The van der Waals surface area contributed by atoms with Crippen molar-refractivity contribution in [1.29, 1.82) is 0 Å². The van der Waals surface area contributed by atoms with Crippen molar-refractivity contribution in [2.75, 3.05) is 0 Å². The van der Waals surface area contributed by atoms with Gasteiger partial charge in [-0.25, -0.2) is 4.39 Å². The summed E-state index contributed by atoms with van der Waals surface area (Å²) in [5.74, 6) is -2.09. The van der Waals surface area contributed by atoms with Gasteiger partial charge in [-0.1, -0.05) is 30.3 Å². The van der Waals surface area contributed by atoms with Gasteiger partial charge in [0.05, 0.1) is 0 Å². The Kier molecular flexibility index (Phi) is 5.96. The highest BCUT2D eigenvalue weighted by Gasteiger charge is 2.07. The van der Waals surface area contributed by atoms with Gasteiger partial charge < -0.3 is 5.32 Å². The molecule has 0 atom stereocenters. The van der Waals surface area contributed by atoms with Gasteiger partial charge in [0, 0.05) is 24.3 Å². The molecule has 6 heteroatoms. The van der Waals surface area contributed by atoms with Gasteiger partial charge in [0.1, 0.15) is 5.82 Å². The molecule has 5 nitrogen and oxygen atoms in total. The Labute approximate surface area is 138 Å². The first-order valence-corrected chi connectivity index (χ1v) is 7.15. The zero-order valence-electron chi connectivity index (χ0n) is 12.7. The van der Waals surface area contributed by atoms with Crippen LogP contribution in [-0.4, -0.2) is 17.7 Å². The Morgan fingerprint density at radius 2 is 1.50 bits per heavy atom. The summed E-state index contributed by atoms with van der Waals surface area (Å²) >= 11 is 0. The highest BCUT2D eigenvalue weighted by molar-refractivity contribution is 6.09. The molecule has 3 amide bonds. The highest BCUT2D eigenvalue weighted by atomic mass is 19.1. The van der Waals surface area contributed by atoms with E-state index >= 15 is 0 Å². The van der Waals surface area contributed by atoms with Crippen LogP contribution in [0, 0.1) is 5.82 Å². The van der Waals surface area contributed by atoms with Crippen LogP contribution in [0.4, 0.5) is 4.39 Å². The summed E-state index contributed by atoms with van der Waals surface area (Å²) in [5, 5.41) is 4.69. The molecule has 0 bridgehead atoms. The molecular formula is C18H15FN2O3. The summed E-state index contributed by atoms with van der Waals surface area (Å²) in [6.07, 6.45) is 2.00. The maximum absolute atomic E-state index is 12.8. The van der Waals surface area contributed by atoms with Crippen LogP contribution in [0.3, 0.4) is 0 Å². The SMILES string of the molecule is O=C(/C=C/C(=O)NC(=O)c1ccccc1)NCc1ccc(F)cc1. The van der Waals surface area contributed by atoms with Gasteiger partial charge in [0.2, 0.25) is 5.91 Å². The summed E-state index contributed by atoms with van der Waals surface area (Å²) in [7, 11) is 0. The smallest absolute Gasteiger partial charge is 0.258 e. The molecule has 2 aromatic carbocycles. The lowest BCUT2D eigenvalue weighted by molar-refractivity contribution is -0.118. The van der Waals surface area contributed by atoms with E-state index in [4.69, 9.17) is 0 Å². The molecule has 0 unspecified atom stereocenters. The van der Waals surface area contributed by atoms with E-state index in [9.17, 15) is 18.8 Å². The first-order chi connectivity index (χ1) is 11.5. The first kappa shape index (κ1) is 17.1. The van der Waals surface area contributed by atoms with Gasteiger partial charge in [-0.05, 0) is 29.8 Å². The van der Waals surface area contributed by atoms with Crippen LogP contribution in [0.25, 0.3) is 0 Å². The number of hydrogen-bond acceptors (Lipinski definition) is 3.